The summed E-state index contributed by atoms with van der Waals surface area (Å²) in [5.74, 6) is 1.49. The van der Waals surface area contributed by atoms with Crippen molar-refractivity contribution in [2.45, 2.75) is 32.8 Å². The molecule has 0 aromatic heterocycles. The number of nitrogens with one attached hydrogen (secondary N) is 2. The SMILES string of the molecule is Cc1cc(OCC2CNC(=O)NC2)cc(C)c1-c1cccc(COc2ccc3c(c2)OCC3CC(=O)O)c1. The number of carbonyl (C=O) groups is 2. The van der Waals surface area contributed by atoms with Gasteiger partial charge in [0, 0.05) is 36.6 Å². The van der Waals surface area contributed by atoms with E-state index in [1.54, 1.807) is 0 Å². The lowest BCUT2D eigenvalue weighted by Crippen LogP contribution is -2.49. The number of ether oxygens (including phenoxy) is 3. The Kier molecular flexibility index (Phi) is 7.40. The number of aliphatic carboxylic acids is 1. The van der Waals surface area contributed by atoms with Gasteiger partial charge in [0.05, 0.1) is 19.6 Å². The Morgan fingerprint density at radius 3 is 2.50 bits per heavy atom. The molecule has 0 saturated carbocycles. The van der Waals surface area contributed by atoms with Gasteiger partial charge in [0.15, 0.2) is 0 Å². The first-order valence-electron chi connectivity index (χ1n) is 12.8. The summed E-state index contributed by atoms with van der Waals surface area (Å²) in [6, 6.07) is 17.9. The maximum atomic E-state index is 11.3. The summed E-state index contributed by atoms with van der Waals surface area (Å²) < 4.78 is 17.8. The van der Waals surface area contributed by atoms with Crippen LogP contribution in [0.15, 0.2) is 54.6 Å². The first-order chi connectivity index (χ1) is 18.4. The van der Waals surface area contributed by atoms with Crippen LogP contribution in [0.3, 0.4) is 0 Å². The third kappa shape index (κ3) is 5.85. The van der Waals surface area contributed by atoms with E-state index in [9.17, 15) is 9.59 Å². The van der Waals surface area contributed by atoms with E-state index >= 15 is 0 Å². The second-order valence-electron chi connectivity index (χ2n) is 9.99. The quantitative estimate of drug-likeness (QED) is 0.377. The van der Waals surface area contributed by atoms with Gasteiger partial charge in [-0.2, -0.15) is 0 Å². The van der Waals surface area contributed by atoms with Gasteiger partial charge in [0.25, 0.3) is 0 Å². The van der Waals surface area contributed by atoms with Crippen molar-refractivity contribution in [3.63, 3.8) is 0 Å². The van der Waals surface area contributed by atoms with Crippen LogP contribution in [0.2, 0.25) is 0 Å². The predicted molar refractivity (Wildman–Crippen MR) is 143 cm³/mol. The van der Waals surface area contributed by atoms with Gasteiger partial charge in [-0.15, -0.1) is 0 Å². The molecule has 5 rings (SSSR count). The number of hydrogen-bond donors (Lipinski definition) is 3. The molecule has 198 valence electrons. The molecule has 0 bridgehead atoms. The molecule has 2 aliphatic rings. The lowest BCUT2D eigenvalue weighted by Gasteiger charge is -2.24. The summed E-state index contributed by atoms with van der Waals surface area (Å²) in [5.41, 5.74) is 6.49. The second-order valence-corrected chi connectivity index (χ2v) is 9.99. The molecule has 1 atom stereocenters. The molecular weight excluding hydrogens is 484 g/mol. The largest absolute Gasteiger partial charge is 0.493 e. The molecule has 1 fully saturated rings. The molecule has 1 saturated heterocycles. The zero-order valence-electron chi connectivity index (χ0n) is 21.6. The number of aryl methyl sites for hydroxylation is 2. The van der Waals surface area contributed by atoms with Gasteiger partial charge in [-0.25, -0.2) is 4.79 Å². The zero-order valence-corrected chi connectivity index (χ0v) is 21.6. The number of carboxylic acid groups (broad SMARTS) is 1. The van der Waals surface area contributed by atoms with E-state index in [0.29, 0.717) is 44.4 Å². The van der Waals surface area contributed by atoms with Crippen molar-refractivity contribution in [2.75, 3.05) is 26.3 Å². The van der Waals surface area contributed by atoms with Gasteiger partial charge in [-0.05, 0) is 65.9 Å². The molecule has 0 spiro atoms. The summed E-state index contributed by atoms with van der Waals surface area (Å²) in [7, 11) is 0. The Balaban J connectivity index is 1.23. The van der Waals surface area contributed by atoms with Crippen molar-refractivity contribution in [1.82, 2.24) is 10.6 Å². The molecule has 3 aromatic carbocycles. The molecule has 38 heavy (non-hydrogen) atoms. The van der Waals surface area contributed by atoms with Gasteiger partial charge in [0.1, 0.15) is 23.9 Å². The van der Waals surface area contributed by atoms with Crippen LogP contribution < -0.4 is 24.8 Å². The highest BCUT2D eigenvalue weighted by atomic mass is 16.5. The molecule has 1 unspecified atom stereocenters. The van der Waals surface area contributed by atoms with Gasteiger partial charge < -0.3 is 30.0 Å². The fourth-order valence-corrected chi connectivity index (χ4v) is 5.11. The smallest absolute Gasteiger partial charge is 0.314 e. The minimum absolute atomic E-state index is 0.0591. The number of hydrogen-bond acceptors (Lipinski definition) is 5. The van der Waals surface area contributed by atoms with E-state index in [4.69, 9.17) is 19.3 Å². The van der Waals surface area contributed by atoms with E-state index < -0.39 is 5.97 Å². The highest BCUT2D eigenvalue weighted by Gasteiger charge is 2.26. The number of fused-ring (bicyclic) bond motifs is 1. The summed E-state index contributed by atoms with van der Waals surface area (Å²) >= 11 is 0. The molecule has 2 amide bonds. The minimum Gasteiger partial charge on any atom is -0.493 e. The predicted octanol–water partition coefficient (Wildman–Crippen LogP) is 4.81. The number of urea groups is 1. The topological polar surface area (TPSA) is 106 Å². The van der Waals surface area contributed by atoms with Crippen molar-refractivity contribution < 1.29 is 28.9 Å². The number of benzene rings is 3. The zero-order chi connectivity index (χ0) is 26.6. The second kappa shape index (κ2) is 11.0. The van der Waals surface area contributed by atoms with Crippen LogP contribution in [-0.4, -0.2) is 43.4 Å². The number of carboxylic acids is 1. The van der Waals surface area contributed by atoms with E-state index in [2.05, 4.69) is 48.7 Å². The Morgan fingerprint density at radius 2 is 1.76 bits per heavy atom. The Labute approximate surface area is 221 Å². The van der Waals surface area contributed by atoms with Gasteiger partial charge in [-0.1, -0.05) is 24.3 Å². The standard InChI is InChI=1S/C30H32N2O6/c1-18-8-25(37-16-21-13-31-30(35)32-14-21)9-19(2)29(18)22-5-3-4-20(10-22)15-36-24-6-7-26-23(11-28(33)34)17-38-27(26)12-24/h3-10,12,21,23H,11,13-17H2,1-2H3,(H,33,34)(H2,31,32,35). The first kappa shape index (κ1) is 25.4. The molecule has 8 heteroatoms. The molecule has 2 aliphatic heterocycles. The summed E-state index contributed by atoms with van der Waals surface area (Å²) in [6.07, 6.45) is 0.0591. The molecular formula is C30H32N2O6. The van der Waals surface area contributed by atoms with Crippen LogP contribution in [-0.2, 0) is 11.4 Å². The molecule has 3 N–H and O–H groups in total. The third-order valence-electron chi connectivity index (χ3n) is 7.00. The van der Waals surface area contributed by atoms with Gasteiger partial charge in [-0.3, -0.25) is 4.79 Å². The highest BCUT2D eigenvalue weighted by molar-refractivity contribution is 5.74. The van der Waals surface area contributed by atoms with Crippen LogP contribution in [0.4, 0.5) is 4.79 Å². The monoisotopic (exact) mass is 516 g/mol. The van der Waals surface area contributed by atoms with Gasteiger partial charge >= 0.3 is 12.0 Å². The molecule has 2 heterocycles. The summed E-state index contributed by atoms with van der Waals surface area (Å²) in [4.78, 5) is 22.3. The van der Waals surface area contributed by atoms with E-state index in [0.717, 1.165) is 33.6 Å². The Bertz CT molecular complexity index is 1320. The first-order valence-corrected chi connectivity index (χ1v) is 12.8. The van der Waals surface area contributed by atoms with Crippen molar-refractivity contribution in [3.05, 3.63) is 76.9 Å². The van der Waals surface area contributed by atoms with Crippen LogP contribution >= 0.6 is 0 Å². The average Bonchev–Trinajstić information content (AvgIpc) is 3.28. The number of carbonyl (C=O) groups excluding carboxylic acids is 1. The van der Waals surface area contributed by atoms with E-state index in [1.807, 2.05) is 30.3 Å². The Hall–Kier alpha value is -4.20. The molecule has 0 aliphatic carbocycles. The molecule has 8 nitrogen and oxygen atoms in total. The average molecular weight is 517 g/mol. The fraction of sp³-hybridized carbons (Fsp3) is 0.333. The van der Waals surface area contributed by atoms with Crippen LogP contribution in [0.1, 0.15) is 34.6 Å². The number of amides is 2. The number of rotatable bonds is 9. The highest BCUT2D eigenvalue weighted by Crippen LogP contribution is 2.38. The summed E-state index contributed by atoms with van der Waals surface area (Å²) in [6.45, 7) is 6.71. The minimum atomic E-state index is -0.826. The van der Waals surface area contributed by atoms with Crippen molar-refractivity contribution in [3.8, 4) is 28.4 Å². The van der Waals surface area contributed by atoms with Crippen molar-refractivity contribution >= 4 is 12.0 Å². The maximum absolute atomic E-state index is 11.3. The fourth-order valence-electron chi connectivity index (χ4n) is 5.11. The van der Waals surface area contributed by atoms with Crippen molar-refractivity contribution in [2.24, 2.45) is 5.92 Å². The van der Waals surface area contributed by atoms with Crippen LogP contribution in [0.25, 0.3) is 11.1 Å². The molecule has 3 aromatic rings. The summed E-state index contributed by atoms with van der Waals surface area (Å²) in [5, 5.41) is 14.7. The van der Waals surface area contributed by atoms with Crippen LogP contribution in [0.5, 0.6) is 17.2 Å². The maximum Gasteiger partial charge on any atom is 0.314 e. The third-order valence-corrected chi connectivity index (χ3v) is 7.00. The Morgan fingerprint density at radius 1 is 1.00 bits per heavy atom. The van der Waals surface area contributed by atoms with Gasteiger partial charge in [0.2, 0.25) is 0 Å². The van der Waals surface area contributed by atoms with E-state index in [1.165, 1.54) is 5.56 Å². The van der Waals surface area contributed by atoms with Crippen molar-refractivity contribution in [1.29, 1.82) is 0 Å². The normalized spacial score (nSPS) is 16.7. The van der Waals surface area contributed by atoms with Crippen LogP contribution in [0, 0.1) is 19.8 Å². The van der Waals surface area contributed by atoms with E-state index in [-0.39, 0.29) is 24.3 Å². The lowest BCUT2D eigenvalue weighted by atomic mass is 9.94. The lowest BCUT2D eigenvalue weighted by molar-refractivity contribution is -0.137. The molecule has 0 radical (unpaired) electrons.